The number of nitrogens with zero attached hydrogens (tertiary/aromatic N) is 1. The highest BCUT2D eigenvalue weighted by Gasteiger charge is 2.32. The second-order valence-electron chi connectivity index (χ2n) is 5.78. The van der Waals surface area contributed by atoms with Crippen LogP contribution in [0.25, 0.3) is 6.08 Å². The maximum Gasteiger partial charge on any atom is 0.331 e. The summed E-state index contributed by atoms with van der Waals surface area (Å²) >= 11 is 0. The highest BCUT2D eigenvalue weighted by atomic mass is 32.2. The van der Waals surface area contributed by atoms with Crippen molar-refractivity contribution >= 4 is 27.8 Å². The second-order valence-corrected chi connectivity index (χ2v) is 8.00. The van der Waals surface area contributed by atoms with Crippen molar-refractivity contribution in [2.75, 3.05) is 32.3 Å². The SMILES string of the molecule is COc1ccc(/C=C/C(=O)OCC(=O)N(C)[C@H]2CCS(=O)(=O)C2)cc1. The lowest BCUT2D eigenvalue weighted by Gasteiger charge is -2.22. The van der Waals surface area contributed by atoms with E-state index in [2.05, 4.69) is 0 Å². The van der Waals surface area contributed by atoms with Crippen LogP contribution in [0.4, 0.5) is 0 Å². The molecule has 0 saturated carbocycles. The molecule has 0 aliphatic carbocycles. The first-order chi connectivity index (χ1) is 11.8. The number of esters is 1. The number of likely N-dealkylation sites (N-methyl/N-ethyl adjacent to an activating group) is 1. The van der Waals surface area contributed by atoms with Crippen LogP contribution in [0.1, 0.15) is 12.0 Å². The van der Waals surface area contributed by atoms with Crippen LogP contribution in [0.3, 0.4) is 0 Å². The zero-order chi connectivity index (χ0) is 18.4. The molecule has 1 aromatic carbocycles. The number of ether oxygens (including phenoxy) is 2. The van der Waals surface area contributed by atoms with Gasteiger partial charge >= 0.3 is 5.97 Å². The molecular weight excluding hydrogens is 346 g/mol. The summed E-state index contributed by atoms with van der Waals surface area (Å²) in [6.07, 6.45) is 3.21. The third kappa shape index (κ3) is 5.60. The minimum absolute atomic E-state index is 0.0411. The van der Waals surface area contributed by atoms with Gasteiger partial charge in [0.25, 0.3) is 5.91 Å². The van der Waals surface area contributed by atoms with Gasteiger partial charge in [0.05, 0.1) is 18.6 Å². The molecule has 8 heteroatoms. The van der Waals surface area contributed by atoms with Crippen LogP contribution in [-0.4, -0.2) is 63.5 Å². The molecular formula is C17H21NO6S. The maximum absolute atomic E-state index is 12.0. The van der Waals surface area contributed by atoms with Crippen molar-refractivity contribution in [3.05, 3.63) is 35.9 Å². The molecule has 1 aromatic rings. The van der Waals surface area contributed by atoms with Crippen molar-refractivity contribution in [1.29, 1.82) is 0 Å². The standard InChI is InChI=1S/C17H21NO6S/c1-18(14-9-10-25(21,22)12-14)16(19)11-24-17(20)8-5-13-3-6-15(23-2)7-4-13/h3-8,14H,9-12H2,1-2H3/b8-5+/t14-/m0/s1. The van der Waals surface area contributed by atoms with Gasteiger partial charge in [-0.1, -0.05) is 12.1 Å². The second kappa shape index (κ2) is 8.15. The first-order valence-electron chi connectivity index (χ1n) is 7.76. The van der Waals surface area contributed by atoms with Gasteiger partial charge in [-0.25, -0.2) is 13.2 Å². The Labute approximate surface area is 147 Å². The summed E-state index contributed by atoms with van der Waals surface area (Å²) in [5, 5.41) is 0. The van der Waals surface area contributed by atoms with Gasteiger partial charge in [0, 0.05) is 19.2 Å². The predicted octanol–water partition coefficient (Wildman–Crippen LogP) is 0.897. The molecule has 1 fully saturated rings. The molecule has 1 aliphatic rings. The molecule has 1 amide bonds. The van der Waals surface area contributed by atoms with E-state index in [9.17, 15) is 18.0 Å². The molecule has 0 bridgehead atoms. The van der Waals surface area contributed by atoms with Gasteiger partial charge in [-0.2, -0.15) is 0 Å². The molecule has 25 heavy (non-hydrogen) atoms. The summed E-state index contributed by atoms with van der Waals surface area (Å²) < 4.78 is 32.9. The number of carbonyl (C=O) groups excluding carboxylic acids is 2. The molecule has 0 aromatic heterocycles. The summed E-state index contributed by atoms with van der Waals surface area (Å²) in [6.45, 7) is -0.418. The van der Waals surface area contributed by atoms with Crippen LogP contribution in [0.5, 0.6) is 5.75 Å². The Bertz CT molecular complexity index is 754. The van der Waals surface area contributed by atoms with Crippen molar-refractivity contribution in [3.63, 3.8) is 0 Å². The first-order valence-corrected chi connectivity index (χ1v) is 9.58. The van der Waals surface area contributed by atoms with Crippen molar-refractivity contribution in [2.24, 2.45) is 0 Å². The van der Waals surface area contributed by atoms with Gasteiger partial charge in [0.1, 0.15) is 5.75 Å². The highest BCUT2D eigenvalue weighted by Crippen LogP contribution is 2.16. The van der Waals surface area contributed by atoms with E-state index in [0.29, 0.717) is 12.2 Å². The fraction of sp³-hybridized carbons (Fsp3) is 0.412. The quantitative estimate of drug-likeness (QED) is 0.548. The van der Waals surface area contributed by atoms with Crippen LogP contribution in [0.15, 0.2) is 30.3 Å². The average molecular weight is 367 g/mol. The van der Waals surface area contributed by atoms with Gasteiger partial charge in [0.2, 0.25) is 0 Å². The minimum Gasteiger partial charge on any atom is -0.497 e. The van der Waals surface area contributed by atoms with Crippen LogP contribution in [-0.2, 0) is 24.2 Å². The molecule has 0 radical (unpaired) electrons. The van der Waals surface area contributed by atoms with E-state index < -0.39 is 28.3 Å². The monoisotopic (exact) mass is 367 g/mol. The summed E-state index contributed by atoms with van der Waals surface area (Å²) in [5.74, 6) is -0.313. The Kier molecular flexibility index (Phi) is 6.19. The van der Waals surface area contributed by atoms with Crippen LogP contribution in [0, 0.1) is 0 Å². The summed E-state index contributed by atoms with van der Waals surface area (Å²) in [7, 11) is 0.0180. The molecule has 1 atom stereocenters. The van der Waals surface area contributed by atoms with E-state index >= 15 is 0 Å². The summed E-state index contributed by atoms with van der Waals surface area (Å²) in [5.41, 5.74) is 0.789. The lowest BCUT2D eigenvalue weighted by atomic mass is 10.2. The zero-order valence-corrected chi connectivity index (χ0v) is 15.0. The number of sulfone groups is 1. The lowest BCUT2D eigenvalue weighted by Crippen LogP contribution is -2.40. The predicted molar refractivity (Wildman–Crippen MR) is 92.8 cm³/mol. The van der Waals surface area contributed by atoms with Gasteiger partial charge in [-0.3, -0.25) is 4.79 Å². The molecule has 1 aliphatic heterocycles. The van der Waals surface area contributed by atoms with Crippen LogP contribution >= 0.6 is 0 Å². The number of amides is 1. The Morgan fingerprint density at radius 3 is 2.52 bits per heavy atom. The lowest BCUT2D eigenvalue weighted by molar-refractivity contribution is -0.148. The Morgan fingerprint density at radius 1 is 1.28 bits per heavy atom. The highest BCUT2D eigenvalue weighted by molar-refractivity contribution is 7.91. The third-order valence-electron chi connectivity index (χ3n) is 4.02. The van der Waals surface area contributed by atoms with Crippen molar-refractivity contribution in [1.82, 2.24) is 4.90 Å². The molecule has 0 N–H and O–H groups in total. The van der Waals surface area contributed by atoms with E-state index in [1.807, 2.05) is 0 Å². The van der Waals surface area contributed by atoms with E-state index in [1.54, 1.807) is 37.5 Å². The number of benzene rings is 1. The largest absolute Gasteiger partial charge is 0.497 e. The normalized spacial score (nSPS) is 18.9. The minimum atomic E-state index is -3.07. The first kappa shape index (κ1) is 19.0. The van der Waals surface area contributed by atoms with Crippen LogP contribution in [0.2, 0.25) is 0 Å². The third-order valence-corrected chi connectivity index (χ3v) is 5.77. The topological polar surface area (TPSA) is 90.0 Å². The zero-order valence-electron chi connectivity index (χ0n) is 14.2. The molecule has 1 saturated heterocycles. The molecule has 136 valence electrons. The van der Waals surface area contributed by atoms with Gasteiger partial charge in [-0.15, -0.1) is 0 Å². The number of rotatable bonds is 6. The Morgan fingerprint density at radius 2 is 1.96 bits per heavy atom. The van der Waals surface area contributed by atoms with E-state index in [1.165, 1.54) is 18.0 Å². The average Bonchev–Trinajstić information content (AvgIpc) is 2.97. The molecule has 2 rings (SSSR count). The van der Waals surface area contributed by atoms with Gasteiger partial charge in [0.15, 0.2) is 16.4 Å². The fourth-order valence-electron chi connectivity index (χ4n) is 2.45. The van der Waals surface area contributed by atoms with Gasteiger partial charge < -0.3 is 14.4 Å². The molecule has 0 spiro atoms. The number of carbonyl (C=O) groups is 2. The molecule has 0 unspecified atom stereocenters. The smallest absolute Gasteiger partial charge is 0.331 e. The van der Waals surface area contributed by atoms with E-state index in [4.69, 9.17) is 9.47 Å². The summed E-state index contributed by atoms with van der Waals surface area (Å²) in [6, 6.07) is 6.73. The summed E-state index contributed by atoms with van der Waals surface area (Å²) in [4.78, 5) is 25.0. The van der Waals surface area contributed by atoms with Crippen LogP contribution < -0.4 is 4.74 Å². The van der Waals surface area contributed by atoms with Crippen molar-refractivity contribution in [2.45, 2.75) is 12.5 Å². The Hall–Kier alpha value is -2.35. The van der Waals surface area contributed by atoms with Gasteiger partial charge in [-0.05, 0) is 30.2 Å². The number of hydrogen-bond donors (Lipinski definition) is 0. The number of hydrogen-bond acceptors (Lipinski definition) is 6. The van der Waals surface area contributed by atoms with E-state index in [0.717, 1.165) is 5.56 Å². The van der Waals surface area contributed by atoms with Crippen molar-refractivity contribution in [3.8, 4) is 5.75 Å². The number of methoxy groups -OCH3 is 1. The van der Waals surface area contributed by atoms with E-state index in [-0.39, 0.29) is 17.5 Å². The maximum atomic E-state index is 12.0. The molecule has 1 heterocycles. The fourth-order valence-corrected chi connectivity index (χ4v) is 4.22. The van der Waals surface area contributed by atoms with Crippen molar-refractivity contribution < 1.29 is 27.5 Å². The molecule has 7 nitrogen and oxygen atoms in total. The Balaban J connectivity index is 1.80.